The fraction of sp³-hybridized carbons (Fsp3) is 0.0588. The number of nitro benzene ring substituents is 1. The lowest BCUT2D eigenvalue weighted by atomic mass is 10.1. The summed E-state index contributed by atoms with van der Waals surface area (Å²) in [5.74, 6) is 0.0304. The highest BCUT2D eigenvalue weighted by Crippen LogP contribution is 2.42. The van der Waals surface area contributed by atoms with Gasteiger partial charge in [0.25, 0.3) is 5.69 Å². The SMILES string of the molecule is O=C1OC(c2ccccc2)=NC1=Cc1c([N+](=O)[O-])ccc2c1OCO2. The number of nitrogens with zero attached hydrogens (tertiary/aromatic N) is 2. The predicted octanol–water partition coefficient (Wildman–Crippen LogP) is 2.67. The van der Waals surface area contributed by atoms with E-state index in [9.17, 15) is 14.9 Å². The number of nitro groups is 1. The highest BCUT2D eigenvalue weighted by molar-refractivity contribution is 6.13. The van der Waals surface area contributed by atoms with E-state index in [1.54, 1.807) is 24.3 Å². The average Bonchev–Trinajstić information content (AvgIpc) is 3.23. The Labute approximate surface area is 141 Å². The molecule has 2 heterocycles. The largest absolute Gasteiger partial charge is 0.454 e. The zero-order chi connectivity index (χ0) is 17.4. The molecule has 0 unspecified atom stereocenters. The van der Waals surface area contributed by atoms with Crippen LogP contribution in [0.5, 0.6) is 11.5 Å². The number of rotatable bonds is 3. The molecule has 8 nitrogen and oxygen atoms in total. The van der Waals surface area contributed by atoms with Gasteiger partial charge >= 0.3 is 5.97 Å². The summed E-state index contributed by atoms with van der Waals surface area (Å²) in [5, 5.41) is 11.3. The Hall–Kier alpha value is -3.68. The summed E-state index contributed by atoms with van der Waals surface area (Å²) in [5.41, 5.74) is 0.482. The van der Waals surface area contributed by atoms with Gasteiger partial charge in [0, 0.05) is 11.6 Å². The van der Waals surface area contributed by atoms with Crippen LogP contribution in [-0.4, -0.2) is 23.6 Å². The van der Waals surface area contributed by atoms with Gasteiger partial charge in [-0.05, 0) is 24.3 Å². The predicted molar refractivity (Wildman–Crippen MR) is 86.3 cm³/mol. The smallest absolute Gasteiger partial charge is 0.363 e. The minimum absolute atomic E-state index is 0.0460. The Morgan fingerprint density at radius 2 is 1.92 bits per heavy atom. The number of hydrogen-bond donors (Lipinski definition) is 0. The minimum atomic E-state index is -0.690. The Morgan fingerprint density at radius 3 is 2.68 bits per heavy atom. The maximum atomic E-state index is 12.1. The van der Waals surface area contributed by atoms with Crippen molar-refractivity contribution in [3.8, 4) is 11.5 Å². The van der Waals surface area contributed by atoms with Gasteiger partial charge in [0.05, 0.1) is 4.92 Å². The van der Waals surface area contributed by atoms with Crippen molar-refractivity contribution >= 4 is 23.6 Å². The number of cyclic esters (lactones) is 1. The number of ether oxygens (including phenoxy) is 3. The molecule has 0 atom stereocenters. The fourth-order valence-corrected chi connectivity index (χ4v) is 2.53. The number of aliphatic imine (C=N–C) groups is 1. The second kappa shape index (κ2) is 5.75. The summed E-state index contributed by atoms with van der Waals surface area (Å²) < 4.78 is 15.7. The summed E-state index contributed by atoms with van der Waals surface area (Å²) in [6.07, 6.45) is 1.28. The lowest BCUT2D eigenvalue weighted by molar-refractivity contribution is -0.385. The van der Waals surface area contributed by atoms with Gasteiger partial charge in [-0.1, -0.05) is 18.2 Å². The molecule has 8 heteroatoms. The Morgan fingerprint density at radius 1 is 1.12 bits per heavy atom. The van der Waals surface area contributed by atoms with Crippen LogP contribution in [0.4, 0.5) is 5.69 Å². The van der Waals surface area contributed by atoms with Gasteiger partial charge in [-0.15, -0.1) is 0 Å². The summed E-state index contributed by atoms with van der Waals surface area (Å²) in [4.78, 5) is 27.0. The summed E-state index contributed by atoms with van der Waals surface area (Å²) in [6.45, 7) is -0.0460. The molecule has 0 fully saturated rings. The summed E-state index contributed by atoms with van der Waals surface area (Å²) in [6, 6.07) is 11.6. The normalized spacial score (nSPS) is 16.7. The molecule has 0 aromatic heterocycles. The first kappa shape index (κ1) is 14.9. The molecule has 4 rings (SSSR count). The average molecular weight is 338 g/mol. The van der Waals surface area contributed by atoms with Gasteiger partial charge in [-0.25, -0.2) is 9.79 Å². The van der Waals surface area contributed by atoms with E-state index in [0.717, 1.165) is 0 Å². The molecule has 0 saturated heterocycles. The lowest BCUT2D eigenvalue weighted by Crippen LogP contribution is -2.05. The van der Waals surface area contributed by atoms with E-state index in [0.29, 0.717) is 11.3 Å². The molecule has 2 aliphatic heterocycles. The maximum absolute atomic E-state index is 12.1. The molecule has 0 aliphatic carbocycles. The first-order valence-corrected chi connectivity index (χ1v) is 7.28. The van der Waals surface area contributed by atoms with Gasteiger partial charge in [0.15, 0.2) is 17.2 Å². The van der Waals surface area contributed by atoms with E-state index in [2.05, 4.69) is 4.99 Å². The summed E-state index contributed by atoms with van der Waals surface area (Å²) in [7, 11) is 0. The van der Waals surface area contributed by atoms with E-state index >= 15 is 0 Å². The zero-order valence-electron chi connectivity index (χ0n) is 12.7. The molecule has 2 aromatic rings. The van der Waals surface area contributed by atoms with Crippen LogP contribution >= 0.6 is 0 Å². The molecular weight excluding hydrogens is 328 g/mol. The minimum Gasteiger partial charge on any atom is -0.454 e. The molecule has 0 radical (unpaired) electrons. The van der Waals surface area contributed by atoms with Crippen molar-refractivity contribution < 1.29 is 23.9 Å². The van der Waals surface area contributed by atoms with Crippen molar-refractivity contribution in [2.45, 2.75) is 0 Å². The van der Waals surface area contributed by atoms with Crippen LogP contribution in [0.1, 0.15) is 11.1 Å². The molecule has 2 aliphatic rings. The van der Waals surface area contributed by atoms with Crippen molar-refractivity contribution in [1.82, 2.24) is 0 Å². The second-order valence-electron chi connectivity index (χ2n) is 5.19. The lowest BCUT2D eigenvalue weighted by Gasteiger charge is -2.02. The van der Waals surface area contributed by atoms with Crippen LogP contribution in [0.25, 0.3) is 6.08 Å². The van der Waals surface area contributed by atoms with Crippen LogP contribution in [0.3, 0.4) is 0 Å². The van der Waals surface area contributed by atoms with Crippen molar-refractivity contribution in [3.63, 3.8) is 0 Å². The molecule has 0 N–H and O–H groups in total. The molecule has 25 heavy (non-hydrogen) atoms. The molecule has 124 valence electrons. The number of carbonyl (C=O) groups is 1. The van der Waals surface area contributed by atoms with Crippen molar-refractivity contribution in [2.75, 3.05) is 6.79 Å². The van der Waals surface area contributed by atoms with Gasteiger partial charge < -0.3 is 14.2 Å². The van der Waals surface area contributed by atoms with Crippen LogP contribution in [0, 0.1) is 10.1 Å². The number of fused-ring (bicyclic) bond motifs is 1. The highest BCUT2D eigenvalue weighted by Gasteiger charge is 2.29. The molecule has 0 bridgehead atoms. The van der Waals surface area contributed by atoms with Gasteiger partial charge in [-0.2, -0.15) is 0 Å². The Bertz CT molecular complexity index is 949. The van der Waals surface area contributed by atoms with Crippen molar-refractivity contribution in [1.29, 1.82) is 0 Å². The zero-order valence-corrected chi connectivity index (χ0v) is 12.7. The van der Waals surface area contributed by atoms with Gasteiger partial charge in [0.2, 0.25) is 12.7 Å². The van der Waals surface area contributed by atoms with E-state index < -0.39 is 10.9 Å². The standard InChI is InChI=1S/C17H10N2O6/c20-17-12(18-16(25-17)10-4-2-1-3-5-10)8-11-13(19(21)22)6-7-14-15(11)24-9-23-14/h1-8H,9H2. The highest BCUT2D eigenvalue weighted by atomic mass is 16.7. The molecule has 0 amide bonds. The van der Waals surface area contributed by atoms with Gasteiger partial charge in [-0.3, -0.25) is 10.1 Å². The van der Waals surface area contributed by atoms with Crippen LogP contribution < -0.4 is 9.47 Å². The van der Waals surface area contributed by atoms with Crippen LogP contribution in [0.2, 0.25) is 0 Å². The van der Waals surface area contributed by atoms with E-state index in [1.807, 2.05) is 6.07 Å². The molecule has 2 aromatic carbocycles. The first-order valence-electron chi connectivity index (χ1n) is 7.28. The number of benzene rings is 2. The van der Waals surface area contributed by atoms with Crippen molar-refractivity contribution in [2.24, 2.45) is 4.99 Å². The molecule has 0 spiro atoms. The quantitative estimate of drug-likeness (QED) is 0.369. The van der Waals surface area contributed by atoms with Crippen molar-refractivity contribution in [3.05, 3.63) is 69.4 Å². The number of carbonyl (C=O) groups excluding carboxylic acids is 1. The third-order valence-corrected chi connectivity index (χ3v) is 3.67. The third kappa shape index (κ3) is 2.59. The molecule has 0 saturated carbocycles. The van der Waals surface area contributed by atoms with E-state index in [-0.39, 0.29) is 35.4 Å². The number of hydrogen-bond acceptors (Lipinski definition) is 7. The number of esters is 1. The van der Waals surface area contributed by atoms with Crippen LogP contribution in [-0.2, 0) is 9.53 Å². The monoisotopic (exact) mass is 338 g/mol. The van der Waals surface area contributed by atoms with Gasteiger partial charge in [0.1, 0.15) is 5.56 Å². The Kier molecular flexibility index (Phi) is 3.42. The Balaban J connectivity index is 1.81. The first-order chi connectivity index (χ1) is 12.1. The van der Waals surface area contributed by atoms with E-state index in [4.69, 9.17) is 14.2 Å². The fourth-order valence-electron chi connectivity index (χ4n) is 2.53. The van der Waals surface area contributed by atoms with Crippen LogP contribution in [0.15, 0.2) is 53.2 Å². The third-order valence-electron chi connectivity index (χ3n) is 3.67. The second-order valence-corrected chi connectivity index (χ2v) is 5.19. The molecular formula is C17H10N2O6. The maximum Gasteiger partial charge on any atom is 0.363 e. The topological polar surface area (TPSA) is 100 Å². The van der Waals surface area contributed by atoms with E-state index in [1.165, 1.54) is 18.2 Å². The summed E-state index contributed by atoms with van der Waals surface area (Å²) >= 11 is 0.